The van der Waals surface area contributed by atoms with E-state index in [1.165, 1.54) is 0 Å². The number of anilines is 2. The summed E-state index contributed by atoms with van der Waals surface area (Å²) in [6.45, 7) is 1.72. The fourth-order valence-electron chi connectivity index (χ4n) is 3.64. The van der Waals surface area contributed by atoms with Crippen molar-refractivity contribution in [3.8, 4) is 0 Å². The van der Waals surface area contributed by atoms with Crippen LogP contribution in [-0.4, -0.2) is 24.5 Å². The molecule has 6 nitrogen and oxygen atoms in total. The van der Waals surface area contributed by atoms with Gasteiger partial charge < -0.3 is 20.9 Å². The highest BCUT2D eigenvalue weighted by molar-refractivity contribution is 6.30. The molecule has 7 heteroatoms. The van der Waals surface area contributed by atoms with Crippen LogP contribution in [0.3, 0.4) is 0 Å². The van der Waals surface area contributed by atoms with Crippen molar-refractivity contribution < 1.29 is 9.59 Å². The van der Waals surface area contributed by atoms with E-state index >= 15 is 0 Å². The zero-order chi connectivity index (χ0) is 22.3. The third kappa shape index (κ3) is 5.66. The Morgan fingerprint density at radius 2 is 1.56 bits per heavy atom. The number of rotatable bonds is 7. The number of hydrogen-bond acceptors (Lipinski definition) is 3. The number of benzene rings is 3. The fourth-order valence-corrected chi connectivity index (χ4v) is 3.77. The normalized spacial score (nSPS) is 15.6. The van der Waals surface area contributed by atoms with E-state index in [-0.39, 0.29) is 18.0 Å². The van der Waals surface area contributed by atoms with Crippen LogP contribution < -0.4 is 20.9 Å². The summed E-state index contributed by atoms with van der Waals surface area (Å²) in [6, 6.07) is 24.2. The van der Waals surface area contributed by atoms with Gasteiger partial charge in [-0.2, -0.15) is 0 Å². The molecular formula is C25H25ClN4O2. The Morgan fingerprint density at radius 1 is 0.906 bits per heavy atom. The molecule has 3 aromatic rings. The molecule has 32 heavy (non-hydrogen) atoms. The summed E-state index contributed by atoms with van der Waals surface area (Å²) >= 11 is 5.87. The van der Waals surface area contributed by atoms with Crippen LogP contribution in [-0.2, 0) is 17.9 Å². The SMILES string of the molecule is O=C(NCc1ccc(Cl)cc1)Nc1ccc(CNC2CCN(c3ccccc3)C2=O)cc1. The molecule has 1 heterocycles. The molecule has 1 aliphatic rings. The van der Waals surface area contributed by atoms with Gasteiger partial charge in [-0.25, -0.2) is 4.79 Å². The summed E-state index contributed by atoms with van der Waals surface area (Å²) in [6.07, 6.45) is 0.779. The third-order valence-electron chi connectivity index (χ3n) is 5.40. The molecule has 0 aliphatic carbocycles. The second-order valence-electron chi connectivity index (χ2n) is 7.68. The Morgan fingerprint density at radius 3 is 2.28 bits per heavy atom. The summed E-state index contributed by atoms with van der Waals surface area (Å²) in [5.74, 6) is 0.104. The van der Waals surface area contributed by atoms with E-state index in [0.717, 1.165) is 23.2 Å². The van der Waals surface area contributed by atoms with Crippen LogP contribution in [0, 0.1) is 0 Å². The number of halogens is 1. The molecule has 1 atom stereocenters. The lowest BCUT2D eigenvalue weighted by molar-refractivity contribution is -0.118. The van der Waals surface area contributed by atoms with Gasteiger partial charge in [-0.1, -0.05) is 54.1 Å². The maximum atomic E-state index is 12.7. The molecule has 0 saturated carbocycles. The largest absolute Gasteiger partial charge is 0.334 e. The van der Waals surface area contributed by atoms with Gasteiger partial charge in [0.15, 0.2) is 0 Å². The summed E-state index contributed by atoms with van der Waals surface area (Å²) in [5.41, 5.74) is 3.66. The minimum Gasteiger partial charge on any atom is -0.334 e. The van der Waals surface area contributed by atoms with E-state index in [0.29, 0.717) is 30.3 Å². The van der Waals surface area contributed by atoms with E-state index in [4.69, 9.17) is 11.6 Å². The first-order valence-corrected chi connectivity index (χ1v) is 10.9. The lowest BCUT2D eigenvalue weighted by atomic mass is 10.2. The van der Waals surface area contributed by atoms with Crippen molar-refractivity contribution in [3.05, 3.63) is 95.0 Å². The minimum atomic E-state index is -0.275. The number of nitrogens with one attached hydrogen (secondary N) is 3. The molecule has 3 N–H and O–H groups in total. The van der Waals surface area contributed by atoms with Gasteiger partial charge in [-0.15, -0.1) is 0 Å². The second kappa shape index (κ2) is 10.3. The predicted molar refractivity (Wildman–Crippen MR) is 128 cm³/mol. The molecule has 1 fully saturated rings. The highest BCUT2D eigenvalue weighted by Crippen LogP contribution is 2.21. The van der Waals surface area contributed by atoms with Gasteiger partial charge in [-0.3, -0.25) is 4.79 Å². The average Bonchev–Trinajstić information content (AvgIpc) is 3.19. The first kappa shape index (κ1) is 21.9. The van der Waals surface area contributed by atoms with Gasteiger partial charge in [0.25, 0.3) is 0 Å². The zero-order valence-corrected chi connectivity index (χ0v) is 18.3. The van der Waals surface area contributed by atoms with Crippen molar-refractivity contribution in [3.63, 3.8) is 0 Å². The molecule has 1 unspecified atom stereocenters. The van der Waals surface area contributed by atoms with E-state index in [1.807, 2.05) is 71.6 Å². The van der Waals surface area contributed by atoms with Gasteiger partial charge in [0.1, 0.15) is 0 Å². The molecule has 1 aliphatic heterocycles. The molecule has 0 aromatic heterocycles. The number of nitrogens with zero attached hydrogens (tertiary/aromatic N) is 1. The fraction of sp³-hybridized carbons (Fsp3) is 0.200. The van der Waals surface area contributed by atoms with Crippen molar-refractivity contribution >= 4 is 34.9 Å². The van der Waals surface area contributed by atoms with Crippen LogP contribution in [0.4, 0.5) is 16.2 Å². The Kier molecular flexibility index (Phi) is 7.04. The Balaban J connectivity index is 1.23. The van der Waals surface area contributed by atoms with Crippen LogP contribution >= 0.6 is 11.6 Å². The first-order valence-electron chi connectivity index (χ1n) is 10.6. The summed E-state index contributed by atoms with van der Waals surface area (Å²) in [4.78, 5) is 26.6. The number of urea groups is 1. The van der Waals surface area contributed by atoms with E-state index in [9.17, 15) is 9.59 Å². The molecule has 0 bridgehead atoms. The lowest BCUT2D eigenvalue weighted by Gasteiger charge is -2.17. The summed E-state index contributed by atoms with van der Waals surface area (Å²) < 4.78 is 0. The molecule has 3 aromatic carbocycles. The van der Waals surface area contributed by atoms with Crippen LogP contribution in [0.2, 0.25) is 5.02 Å². The van der Waals surface area contributed by atoms with E-state index in [2.05, 4.69) is 16.0 Å². The topological polar surface area (TPSA) is 73.5 Å². The standard InChI is InChI=1S/C25H25ClN4O2/c26-20-10-6-18(7-11-20)17-28-25(32)29-21-12-8-19(9-13-21)16-27-23-14-15-30(24(23)31)22-4-2-1-3-5-22/h1-13,23,27H,14-17H2,(H2,28,29,32). The van der Waals surface area contributed by atoms with Gasteiger partial charge in [0.2, 0.25) is 5.91 Å². The molecule has 3 amide bonds. The van der Waals surface area contributed by atoms with Crippen LogP contribution in [0.1, 0.15) is 17.5 Å². The van der Waals surface area contributed by atoms with Crippen LogP contribution in [0.25, 0.3) is 0 Å². The second-order valence-corrected chi connectivity index (χ2v) is 8.12. The van der Waals surface area contributed by atoms with Gasteiger partial charge in [0.05, 0.1) is 6.04 Å². The third-order valence-corrected chi connectivity index (χ3v) is 5.66. The molecule has 0 radical (unpaired) electrons. The van der Waals surface area contributed by atoms with Crippen LogP contribution in [0.5, 0.6) is 0 Å². The maximum Gasteiger partial charge on any atom is 0.319 e. The molecule has 4 rings (SSSR count). The van der Waals surface area contributed by atoms with E-state index < -0.39 is 0 Å². The average molecular weight is 449 g/mol. The number of carbonyl (C=O) groups excluding carboxylic acids is 2. The van der Waals surface area contributed by atoms with E-state index in [1.54, 1.807) is 12.1 Å². The minimum absolute atomic E-state index is 0.104. The van der Waals surface area contributed by atoms with Gasteiger partial charge in [-0.05, 0) is 53.9 Å². The van der Waals surface area contributed by atoms with Crippen molar-refractivity contribution in [1.29, 1.82) is 0 Å². The van der Waals surface area contributed by atoms with Crippen molar-refractivity contribution in [2.75, 3.05) is 16.8 Å². The maximum absolute atomic E-state index is 12.7. The predicted octanol–water partition coefficient (Wildman–Crippen LogP) is 4.56. The number of hydrogen-bond donors (Lipinski definition) is 3. The highest BCUT2D eigenvalue weighted by Gasteiger charge is 2.31. The molecular weight excluding hydrogens is 424 g/mol. The summed E-state index contributed by atoms with van der Waals surface area (Å²) in [5, 5.41) is 9.66. The quantitative estimate of drug-likeness (QED) is 0.496. The number of carbonyl (C=O) groups is 2. The highest BCUT2D eigenvalue weighted by atomic mass is 35.5. The van der Waals surface area contributed by atoms with Crippen molar-refractivity contribution in [2.45, 2.75) is 25.6 Å². The van der Waals surface area contributed by atoms with Crippen molar-refractivity contribution in [1.82, 2.24) is 10.6 Å². The van der Waals surface area contributed by atoms with Crippen molar-refractivity contribution in [2.24, 2.45) is 0 Å². The number of amides is 3. The van der Waals surface area contributed by atoms with Crippen LogP contribution in [0.15, 0.2) is 78.9 Å². The monoisotopic (exact) mass is 448 g/mol. The smallest absolute Gasteiger partial charge is 0.319 e. The summed E-state index contributed by atoms with van der Waals surface area (Å²) in [7, 11) is 0. The molecule has 1 saturated heterocycles. The molecule has 0 spiro atoms. The zero-order valence-electron chi connectivity index (χ0n) is 17.6. The van der Waals surface area contributed by atoms with Gasteiger partial charge >= 0.3 is 6.03 Å². The Hall–Kier alpha value is -3.35. The number of para-hydroxylation sites is 1. The first-order chi connectivity index (χ1) is 15.6. The molecule has 164 valence electrons. The van der Waals surface area contributed by atoms with Gasteiger partial charge in [0, 0.05) is 36.0 Å². The Labute approximate surface area is 192 Å². The lowest BCUT2D eigenvalue weighted by Crippen LogP contribution is -2.37. The Bertz CT molecular complexity index is 1060.